The van der Waals surface area contributed by atoms with Gasteiger partial charge in [0.1, 0.15) is 0 Å². The Morgan fingerprint density at radius 2 is 2.06 bits per heavy atom. The Kier molecular flexibility index (Phi) is 2.03. The third-order valence-electron chi connectivity index (χ3n) is 5.02. The molecule has 2 nitrogen and oxygen atoms in total. The van der Waals surface area contributed by atoms with Crippen molar-refractivity contribution >= 4 is 0 Å². The van der Waals surface area contributed by atoms with Gasteiger partial charge in [-0.25, -0.2) is 0 Å². The SMILES string of the molecule is C[C@@H](O)C12CC(=C(F)F)CN1CCC21CC1. The molecule has 1 aliphatic carbocycles. The normalized spacial score (nSPS) is 37.9. The standard InChI is InChI=1S/C12H17F2NO/c1-8(16)12-6-9(10(13)14)7-15(12)5-4-11(12)2-3-11/h8,16H,2-7H2,1H3/t8-,12?/m1/s1. The van der Waals surface area contributed by atoms with Crippen LogP contribution in [0.1, 0.15) is 32.6 Å². The summed E-state index contributed by atoms with van der Waals surface area (Å²) in [7, 11) is 0. The molecule has 1 saturated carbocycles. The largest absolute Gasteiger partial charge is 0.391 e. The molecule has 2 saturated heterocycles. The summed E-state index contributed by atoms with van der Waals surface area (Å²) < 4.78 is 25.4. The van der Waals surface area contributed by atoms with Crippen LogP contribution in [0.25, 0.3) is 0 Å². The van der Waals surface area contributed by atoms with Gasteiger partial charge >= 0.3 is 0 Å². The average Bonchev–Trinajstić information content (AvgIpc) is 2.77. The lowest BCUT2D eigenvalue weighted by atomic mass is 9.76. The van der Waals surface area contributed by atoms with E-state index in [1.807, 2.05) is 0 Å². The zero-order valence-electron chi connectivity index (χ0n) is 9.47. The van der Waals surface area contributed by atoms with E-state index in [-0.39, 0.29) is 16.5 Å². The molecular formula is C12H17F2NO. The Morgan fingerprint density at radius 3 is 2.56 bits per heavy atom. The zero-order chi connectivity index (χ0) is 11.6. The number of halogens is 2. The minimum absolute atomic E-state index is 0.137. The van der Waals surface area contributed by atoms with Gasteiger partial charge in [0, 0.05) is 12.1 Å². The van der Waals surface area contributed by atoms with Gasteiger partial charge < -0.3 is 5.11 Å². The van der Waals surface area contributed by atoms with Gasteiger partial charge in [-0.15, -0.1) is 0 Å². The fraction of sp³-hybridized carbons (Fsp3) is 0.833. The summed E-state index contributed by atoms with van der Waals surface area (Å²) in [4.78, 5) is 2.10. The molecule has 2 atom stereocenters. The second-order valence-electron chi connectivity index (χ2n) is 5.59. The molecule has 0 aromatic heterocycles. The van der Waals surface area contributed by atoms with Crippen molar-refractivity contribution in [2.45, 2.75) is 44.2 Å². The predicted octanol–water partition coefficient (Wildman–Crippen LogP) is 2.15. The third-order valence-corrected chi connectivity index (χ3v) is 5.02. The quantitative estimate of drug-likeness (QED) is 0.744. The molecule has 0 radical (unpaired) electrons. The minimum Gasteiger partial charge on any atom is -0.391 e. The minimum atomic E-state index is -1.54. The summed E-state index contributed by atoms with van der Waals surface area (Å²) in [5, 5.41) is 10.1. The Balaban J connectivity index is 2.03. The Labute approximate surface area is 93.9 Å². The van der Waals surface area contributed by atoms with Crippen LogP contribution in [0, 0.1) is 5.41 Å². The first-order valence-electron chi connectivity index (χ1n) is 5.98. The first-order chi connectivity index (χ1) is 7.52. The predicted molar refractivity (Wildman–Crippen MR) is 56.1 cm³/mol. The van der Waals surface area contributed by atoms with Gasteiger partial charge in [0.15, 0.2) is 0 Å². The third kappa shape index (κ3) is 1.07. The smallest absolute Gasteiger partial charge is 0.270 e. The highest BCUT2D eigenvalue weighted by molar-refractivity contribution is 5.31. The van der Waals surface area contributed by atoms with Crippen LogP contribution in [-0.2, 0) is 0 Å². The topological polar surface area (TPSA) is 23.5 Å². The highest BCUT2D eigenvalue weighted by Crippen LogP contribution is 2.67. The van der Waals surface area contributed by atoms with Crippen LogP contribution in [0.15, 0.2) is 11.7 Å². The van der Waals surface area contributed by atoms with Crippen LogP contribution in [0.4, 0.5) is 8.78 Å². The summed E-state index contributed by atoms with van der Waals surface area (Å²) in [6.07, 6.45) is 1.57. The Bertz CT molecular complexity index is 358. The van der Waals surface area contributed by atoms with Gasteiger partial charge in [-0.05, 0) is 44.6 Å². The molecule has 3 fully saturated rings. The van der Waals surface area contributed by atoms with Crippen molar-refractivity contribution in [2.75, 3.05) is 13.1 Å². The number of fused-ring (bicyclic) bond motifs is 2. The van der Waals surface area contributed by atoms with E-state index >= 15 is 0 Å². The maximum Gasteiger partial charge on any atom is 0.270 e. The molecule has 1 unspecified atom stereocenters. The van der Waals surface area contributed by atoms with Gasteiger partial charge in [-0.3, -0.25) is 4.90 Å². The lowest BCUT2D eigenvalue weighted by Gasteiger charge is -2.40. The molecule has 3 rings (SSSR count). The van der Waals surface area contributed by atoms with E-state index in [1.165, 1.54) is 0 Å². The molecule has 3 aliphatic rings. The van der Waals surface area contributed by atoms with Crippen molar-refractivity contribution in [2.24, 2.45) is 5.41 Å². The number of nitrogens with zero attached hydrogens (tertiary/aromatic N) is 1. The number of aliphatic hydroxyl groups is 1. The van der Waals surface area contributed by atoms with Crippen molar-refractivity contribution in [3.05, 3.63) is 11.7 Å². The lowest BCUT2D eigenvalue weighted by Crippen LogP contribution is -2.52. The van der Waals surface area contributed by atoms with Gasteiger partial charge in [0.25, 0.3) is 6.08 Å². The van der Waals surface area contributed by atoms with E-state index in [9.17, 15) is 13.9 Å². The summed E-state index contributed by atoms with van der Waals surface area (Å²) >= 11 is 0. The highest BCUT2D eigenvalue weighted by Gasteiger charge is 2.69. The van der Waals surface area contributed by atoms with Gasteiger partial charge in [0.2, 0.25) is 0 Å². The summed E-state index contributed by atoms with van der Waals surface area (Å²) in [6, 6.07) is 0. The fourth-order valence-corrected chi connectivity index (χ4v) is 4.05. The van der Waals surface area contributed by atoms with Crippen molar-refractivity contribution in [3.8, 4) is 0 Å². The van der Waals surface area contributed by atoms with Crippen molar-refractivity contribution in [1.82, 2.24) is 4.90 Å². The van der Waals surface area contributed by atoms with Crippen LogP contribution < -0.4 is 0 Å². The monoisotopic (exact) mass is 229 g/mol. The second kappa shape index (κ2) is 3.05. The highest BCUT2D eigenvalue weighted by atomic mass is 19.3. The molecule has 2 heterocycles. The molecule has 2 aliphatic heterocycles. The van der Waals surface area contributed by atoms with Crippen molar-refractivity contribution in [1.29, 1.82) is 0 Å². The van der Waals surface area contributed by atoms with Gasteiger partial charge in [-0.1, -0.05) is 0 Å². The van der Waals surface area contributed by atoms with Crippen LogP contribution >= 0.6 is 0 Å². The molecule has 0 amide bonds. The van der Waals surface area contributed by atoms with E-state index in [4.69, 9.17) is 0 Å². The van der Waals surface area contributed by atoms with E-state index in [0.29, 0.717) is 13.0 Å². The van der Waals surface area contributed by atoms with Crippen LogP contribution in [0.3, 0.4) is 0 Å². The van der Waals surface area contributed by atoms with Crippen LogP contribution in [0.5, 0.6) is 0 Å². The molecule has 16 heavy (non-hydrogen) atoms. The van der Waals surface area contributed by atoms with Crippen LogP contribution in [-0.4, -0.2) is 34.7 Å². The molecule has 1 N–H and O–H groups in total. The number of hydrogen-bond donors (Lipinski definition) is 1. The van der Waals surface area contributed by atoms with E-state index in [2.05, 4.69) is 4.90 Å². The molecule has 90 valence electrons. The summed E-state index contributed by atoms with van der Waals surface area (Å²) in [5.41, 5.74) is -0.00343. The Hall–Kier alpha value is -0.480. The van der Waals surface area contributed by atoms with E-state index in [0.717, 1.165) is 25.8 Å². The molecular weight excluding hydrogens is 212 g/mol. The van der Waals surface area contributed by atoms with Crippen molar-refractivity contribution in [3.63, 3.8) is 0 Å². The van der Waals surface area contributed by atoms with Crippen LogP contribution in [0.2, 0.25) is 0 Å². The first-order valence-corrected chi connectivity index (χ1v) is 5.98. The van der Waals surface area contributed by atoms with Gasteiger partial charge in [-0.2, -0.15) is 8.78 Å². The summed E-state index contributed by atoms with van der Waals surface area (Å²) in [6.45, 7) is 2.98. The molecule has 0 aromatic rings. The molecule has 4 heteroatoms. The maximum atomic E-state index is 12.7. The number of rotatable bonds is 1. The lowest BCUT2D eigenvalue weighted by molar-refractivity contribution is -0.00596. The number of hydrogen-bond acceptors (Lipinski definition) is 2. The zero-order valence-corrected chi connectivity index (χ0v) is 9.47. The van der Waals surface area contributed by atoms with Gasteiger partial charge in [0.05, 0.1) is 11.6 Å². The molecule has 0 aromatic carbocycles. The van der Waals surface area contributed by atoms with E-state index < -0.39 is 12.2 Å². The summed E-state index contributed by atoms with van der Waals surface area (Å²) in [5.74, 6) is 0. The molecule has 0 bridgehead atoms. The van der Waals surface area contributed by atoms with E-state index in [1.54, 1.807) is 6.92 Å². The Morgan fingerprint density at radius 1 is 1.38 bits per heavy atom. The first kappa shape index (κ1) is 10.7. The fourth-order valence-electron chi connectivity index (χ4n) is 4.05. The second-order valence-corrected chi connectivity index (χ2v) is 5.59. The maximum absolute atomic E-state index is 12.7. The molecule has 1 spiro atoms. The average molecular weight is 229 g/mol. The van der Waals surface area contributed by atoms with Crippen molar-refractivity contribution < 1.29 is 13.9 Å². The number of aliphatic hydroxyl groups excluding tert-OH is 1.